The predicted octanol–water partition coefficient (Wildman–Crippen LogP) is 1.78. The van der Waals surface area contributed by atoms with Gasteiger partial charge in [-0.25, -0.2) is 9.98 Å². The summed E-state index contributed by atoms with van der Waals surface area (Å²) in [6.07, 6.45) is 4.39. The molecule has 1 aromatic heterocycles. The van der Waals surface area contributed by atoms with Gasteiger partial charge >= 0.3 is 0 Å². The van der Waals surface area contributed by atoms with Gasteiger partial charge in [0, 0.05) is 52.1 Å². The van der Waals surface area contributed by atoms with Gasteiger partial charge in [-0.15, -0.1) is 24.0 Å². The molecule has 0 aromatic carbocycles. The third kappa shape index (κ3) is 7.57. The molecule has 0 aliphatic carbocycles. The SMILES string of the molecule is Cc1cccc(N2CCC(NC(=NCC(=O)N(C)C)NCC3CCCO3)CC2)n1.I. The molecule has 8 nitrogen and oxygen atoms in total. The molecule has 9 heteroatoms. The first-order valence-electron chi connectivity index (χ1n) is 10.6. The van der Waals surface area contributed by atoms with Crippen LogP contribution in [0.5, 0.6) is 0 Å². The molecule has 30 heavy (non-hydrogen) atoms. The monoisotopic (exact) mass is 530 g/mol. The van der Waals surface area contributed by atoms with Gasteiger partial charge in [-0.1, -0.05) is 6.07 Å². The molecule has 1 atom stereocenters. The first kappa shape index (κ1) is 24.6. The number of aryl methyl sites for hydroxylation is 1. The van der Waals surface area contributed by atoms with E-state index in [0.29, 0.717) is 18.5 Å². The molecule has 2 aliphatic heterocycles. The standard InChI is InChI=1S/C21H34N6O2.HI/c1-16-6-4-8-19(24-16)27-11-9-17(10-12-27)25-21(23-15-20(28)26(2)3)22-14-18-7-5-13-29-18;/h4,6,8,17-18H,5,7,9-15H2,1-3H3,(H2,22,23,25);1H. The number of piperidine rings is 1. The Morgan fingerprint density at radius 3 is 2.70 bits per heavy atom. The number of amides is 1. The largest absolute Gasteiger partial charge is 0.376 e. The van der Waals surface area contributed by atoms with Crippen molar-refractivity contribution < 1.29 is 9.53 Å². The highest BCUT2D eigenvalue weighted by Crippen LogP contribution is 2.18. The van der Waals surface area contributed by atoms with Gasteiger partial charge in [-0.3, -0.25) is 4.79 Å². The highest BCUT2D eigenvalue weighted by Gasteiger charge is 2.22. The molecule has 0 bridgehead atoms. The zero-order valence-corrected chi connectivity index (χ0v) is 20.6. The molecular formula is C21H35IN6O2. The number of nitrogens with one attached hydrogen (secondary N) is 2. The van der Waals surface area contributed by atoms with Crippen LogP contribution in [0.1, 0.15) is 31.4 Å². The van der Waals surface area contributed by atoms with E-state index >= 15 is 0 Å². The Kier molecular flexibility index (Phi) is 10.1. The molecule has 2 fully saturated rings. The minimum atomic E-state index is -0.0106. The number of anilines is 1. The minimum Gasteiger partial charge on any atom is -0.376 e. The second-order valence-corrected chi connectivity index (χ2v) is 8.01. The van der Waals surface area contributed by atoms with Crippen molar-refractivity contribution in [3.8, 4) is 0 Å². The first-order valence-corrected chi connectivity index (χ1v) is 10.6. The molecular weight excluding hydrogens is 495 g/mol. The van der Waals surface area contributed by atoms with Crippen molar-refractivity contribution in [3.63, 3.8) is 0 Å². The Balaban J connectivity index is 0.00000320. The van der Waals surface area contributed by atoms with Crippen molar-refractivity contribution in [2.45, 2.75) is 44.8 Å². The fraction of sp³-hybridized carbons (Fsp3) is 0.667. The number of rotatable bonds is 6. The number of ether oxygens (including phenoxy) is 1. The normalized spacial score (nSPS) is 19.9. The van der Waals surface area contributed by atoms with Crippen molar-refractivity contribution in [3.05, 3.63) is 23.9 Å². The Morgan fingerprint density at radius 1 is 1.30 bits per heavy atom. The van der Waals surface area contributed by atoms with E-state index in [4.69, 9.17) is 4.74 Å². The molecule has 1 amide bonds. The van der Waals surface area contributed by atoms with Crippen LogP contribution in [0.15, 0.2) is 23.2 Å². The van der Waals surface area contributed by atoms with E-state index in [-0.39, 0.29) is 42.5 Å². The van der Waals surface area contributed by atoms with Crippen molar-refractivity contribution in [1.82, 2.24) is 20.5 Å². The summed E-state index contributed by atoms with van der Waals surface area (Å²) in [6, 6.07) is 6.48. The lowest BCUT2D eigenvalue weighted by Gasteiger charge is -2.34. The van der Waals surface area contributed by atoms with Gasteiger partial charge in [0.25, 0.3) is 0 Å². The molecule has 2 N–H and O–H groups in total. The van der Waals surface area contributed by atoms with Gasteiger partial charge in [0.05, 0.1) is 6.10 Å². The number of hydrogen-bond donors (Lipinski definition) is 2. The van der Waals surface area contributed by atoms with Gasteiger partial charge in [-0.05, 0) is 44.7 Å². The van der Waals surface area contributed by atoms with Gasteiger partial charge in [-0.2, -0.15) is 0 Å². The van der Waals surface area contributed by atoms with E-state index in [1.54, 1.807) is 19.0 Å². The smallest absolute Gasteiger partial charge is 0.243 e. The Labute approximate surface area is 196 Å². The van der Waals surface area contributed by atoms with Gasteiger partial charge < -0.3 is 25.2 Å². The summed E-state index contributed by atoms with van der Waals surface area (Å²) in [6.45, 7) is 5.60. The third-order valence-corrected chi connectivity index (χ3v) is 5.43. The zero-order valence-electron chi connectivity index (χ0n) is 18.3. The van der Waals surface area contributed by atoms with E-state index < -0.39 is 0 Å². The fourth-order valence-corrected chi connectivity index (χ4v) is 3.61. The highest BCUT2D eigenvalue weighted by molar-refractivity contribution is 14.0. The molecule has 3 rings (SSSR count). The van der Waals surface area contributed by atoms with Crippen LogP contribution in [0.25, 0.3) is 0 Å². The Hall–Kier alpha value is -1.62. The molecule has 168 valence electrons. The molecule has 2 aliphatic rings. The van der Waals surface area contributed by atoms with Gasteiger partial charge in [0.1, 0.15) is 12.4 Å². The Morgan fingerprint density at radius 2 is 2.07 bits per heavy atom. The average molecular weight is 530 g/mol. The molecule has 0 radical (unpaired) electrons. The maximum absolute atomic E-state index is 12.0. The summed E-state index contributed by atoms with van der Waals surface area (Å²) < 4.78 is 5.70. The van der Waals surface area contributed by atoms with Crippen LogP contribution in [-0.4, -0.2) is 80.8 Å². The quantitative estimate of drug-likeness (QED) is 0.332. The number of hydrogen-bond acceptors (Lipinski definition) is 5. The fourth-order valence-electron chi connectivity index (χ4n) is 3.61. The lowest BCUT2D eigenvalue weighted by molar-refractivity contribution is -0.127. The number of carbonyl (C=O) groups excluding carboxylic acids is 1. The lowest BCUT2D eigenvalue weighted by Crippen LogP contribution is -2.50. The average Bonchev–Trinajstić information content (AvgIpc) is 3.24. The Bertz CT molecular complexity index is 700. The maximum atomic E-state index is 12.0. The molecule has 0 spiro atoms. The van der Waals surface area contributed by atoms with Crippen molar-refractivity contribution in [2.75, 3.05) is 51.8 Å². The van der Waals surface area contributed by atoms with Crippen LogP contribution in [-0.2, 0) is 9.53 Å². The summed E-state index contributed by atoms with van der Waals surface area (Å²) in [4.78, 5) is 25.0. The van der Waals surface area contributed by atoms with Crippen molar-refractivity contribution in [2.24, 2.45) is 4.99 Å². The number of carbonyl (C=O) groups is 1. The molecule has 2 saturated heterocycles. The minimum absolute atomic E-state index is 0. The number of likely N-dealkylation sites (N-methyl/N-ethyl adjacent to an activating group) is 1. The second-order valence-electron chi connectivity index (χ2n) is 8.01. The summed E-state index contributed by atoms with van der Waals surface area (Å²) in [5.74, 6) is 1.73. The van der Waals surface area contributed by atoms with Crippen LogP contribution in [0, 0.1) is 6.92 Å². The number of guanidine groups is 1. The maximum Gasteiger partial charge on any atom is 0.243 e. The molecule has 0 saturated carbocycles. The first-order chi connectivity index (χ1) is 14.0. The van der Waals surface area contributed by atoms with Gasteiger partial charge in [0.15, 0.2) is 5.96 Å². The molecule has 3 heterocycles. The zero-order chi connectivity index (χ0) is 20.6. The van der Waals surface area contributed by atoms with E-state index in [1.165, 1.54) is 0 Å². The summed E-state index contributed by atoms with van der Waals surface area (Å²) in [7, 11) is 3.50. The highest BCUT2D eigenvalue weighted by atomic mass is 127. The van der Waals surface area contributed by atoms with E-state index in [1.807, 2.05) is 13.0 Å². The van der Waals surface area contributed by atoms with Crippen LogP contribution >= 0.6 is 24.0 Å². The van der Waals surface area contributed by atoms with Crippen LogP contribution < -0.4 is 15.5 Å². The van der Waals surface area contributed by atoms with Crippen molar-refractivity contribution >= 4 is 41.7 Å². The third-order valence-electron chi connectivity index (χ3n) is 5.43. The summed E-state index contributed by atoms with van der Waals surface area (Å²) in [5.41, 5.74) is 1.04. The number of pyridine rings is 1. The van der Waals surface area contributed by atoms with Gasteiger partial charge in [0.2, 0.25) is 5.91 Å². The topological polar surface area (TPSA) is 82.1 Å². The summed E-state index contributed by atoms with van der Waals surface area (Å²) >= 11 is 0. The molecule has 1 aromatic rings. The van der Waals surface area contributed by atoms with Crippen molar-refractivity contribution in [1.29, 1.82) is 0 Å². The predicted molar refractivity (Wildman–Crippen MR) is 131 cm³/mol. The second kappa shape index (κ2) is 12.3. The summed E-state index contributed by atoms with van der Waals surface area (Å²) in [5, 5.41) is 6.89. The van der Waals surface area contributed by atoms with Crippen LogP contribution in [0.4, 0.5) is 5.82 Å². The van der Waals surface area contributed by atoms with Crippen LogP contribution in [0.2, 0.25) is 0 Å². The number of halogens is 1. The number of aliphatic imine (C=N–C) groups is 1. The number of nitrogens with zero attached hydrogens (tertiary/aromatic N) is 4. The van der Waals surface area contributed by atoms with Crippen LogP contribution in [0.3, 0.4) is 0 Å². The molecule has 1 unspecified atom stereocenters. The number of aromatic nitrogens is 1. The van der Waals surface area contributed by atoms with E-state index in [0.717, 1.165) is 56.9 Å². The van der Waals surface area contributed by atoms with E-state index in [9.17, 15) is 4.79 Å². The lowest BCUT2D eigenvalue weighted by atomic mass is 10.1. The van der Waals surface area contributed by atoms with E-state index in [2.05, 4.69) is 37.6 Å².